The van der Waals surface area contributed by atoms with Gasteiger partial charge in [0.25, 0.3) is 0 Å². The third-order valence-electron chi connectivity index (χ3n) is 9.09. The molecule has 3 heteroatoms. The third-order valence-corrected chi connectivity index (χ3v) is 9.09. The highest BCUT2D eigenvalue weighted by Gasteiger charge is 2.36. The summed E-state index contributed by atoms with van der Waals surface area (Å²) in [6.45, 7) is 3.83. The number of unbranched alkanes of at least 4 members (excludes halogenated alkanes) is 2. The van der Waals surface area contributed by atoms with E-state index in [1.54, 1.807) is 13.0 Å². The molecule has 5 rings (SSSR count). The molecule has 2 aromatic carbocycles. The molecule has 3 aliphatic rings. The first-order chi connectivity index (χ1) is 16.0. The summed E-state index contributed by atoms with van der Waals surface area (Å²) in [5.74, 6) is 0.688. The van der Waals surface area contributed by atoms with E-state index in [9.17, 15) is 8.78 Å². The minimum Gasteiger partial charge on any atom is -0.206 e. The predicted octanol–water partition coefficient (Wildman–Crippen LogP) is 9.72. The Bertz CT molecular complexity index is 1010. The molecule has 2 fully saturated rings. The van der Waals surface area contributed by atoms with Crippen molar-refractivity contribution < 1.29 is 13.2 Å². The molecule has 3 aliphatic carbocycles. The molecule has 0 nitrogen and oxygen atoms in total. The summed E-state index contributed by atoms with van der Waals surface area (Å²) in [5.41, 5.74) is 2.77. The molecule has 0 amide bonds. The fraction of sp³-hybridized carbons (Fsp3) is 0.600. The van der Waals surface area contributed by atoms with E-state index in [0.29, 0.717) is 16.7 Å². The maximum absolute atomic E-state index is 15.5. The summed E-state index contributed by atoms with van der Waals surface area (Å²) in [4.78, 5) is 0. The van der Waals surface area contributed by atoms with Gasteiger partial charge in [0, 0.05) is 11.1 Å². The smallest absolute Gasteiger partial charge is 0.167 e. The van der Waals surface area contributed by atoms with E-state index in [4.69, 9.17) is 0 Å². The number of hydrogen-bond acceptors (Lipinski definition) is 0. The van der Waals surface area contributed by atoms with Gasteiger partial charge >= 0.3 is 0 Å². The number of hydrogen-bond donors (Lipinski definition) is 0. The second-order valence-corrected chi connectivity index (χ2v) is 11.0. The van der Waals surface area contributed by atoms with E-state index < -0.39 is 11.6 Å². The number of halogens is 3. The highest BCUT2D eigenvalue weighted by molar-refractivity contribution is 6.03. The molecule has 0 radical (unpaired) electrons. The average molecular weight is 455 g/mol. The second-order valence-electron chi connectivity index (χ2n) is 11.0. The lowest BCUT2D eigenvalue weighted by Crippen LogP contribution is -2.25. The van der Waals surface area contributed by atoms with Gasteiger partial charge in [0.15, 0.2) is 11.6 Å². The van der Waals surface area contributed by atoms with Crippen molar-refractivity contribution in [1.29, 1.82) is 0 Å². The van der Waals surface area contributed by atoms with Crippen LogP contribution in [0.1, 0.15) is 101 Å². The van der Waals surface area contributed by atoms with Gasteiger partial charge in [0.1, 0.15) is 5.82 Å². The lowest BCUT2D eigenvalue weighted by Gasteiger charge is -2.38. The zero-order valence-corrected chi connectivity index (χ0v) is 20.2. The van der Waals surface area contributed by atoms with Crippen molar-refractivity contribution in [1.82, 2.24) is 0 Å². The highest BCUT2D eigenvalue weighted by Crippen LogP contribution is 2.53. The minimum absolute atomic E-state index is 0.136. The Morgan fingerprint density at radius 3 is 2.03 bits per heavy atom. The van der Waals surface area contributed by atoms with Crippen molar-refractivity contribution in [2.24, 2.45) is 17.8 Å². The van der Waals surface area contributed by atoms with Crippen LogP contribution in [0.2, 0.25) is 0 Å². The molecular formula is C30H37F3. The van der Waals surface area contributed by atoms with Crippen molar-refractivity contribution in [3.05, 3.63) is 46.8 Å². The topological polar surface area (TPSA) is 0 Å². The summed E-state index contributed by atoms with van der Waals surface area (Å²) in [6.07, 6.45) is 15.4. The molecule has 0 N–H and O–H groups in total. The van der Waals surface area contributed by atoms with Gasteiger partial charge in [0.2, 0.25) is 0 Å². The van der Waals surface area contributed by atoms with Crippen LogP contribution in [0.5, 0.6) is 0 Å². The Morgan fingerprint density at radius 2 is 1.36 bits per heavy atom. The summed E-state index contributed by atoms with van der Waals surface area (Å²) in [7, 11) is 0. The fourth-order valence-electron chi connectivity index (χ4n) is 7.06. The zero-order valence-electron chi connectivity index (χ0n) is 20.2. The Morgan fingerprint density at radius 1 is 0.727 bits per heavy atom. The lowest BCUT2D eigenvalue weighted by atomic mass is 9.67. The quantitative estimate of drug-likeness (QED) is 0.325. The van der Waals surface area contributed by atoms with Crippen LogP contribution < -0.4 is 0 Å². The Kier molecular flexibility index (Phi) is 6.60. The first-order valence-corrected chi connectivity index (χ1v) is 13.3. The first-order valence-electron chi connectivity index (χ1n) is 13.3. The molecule has 0 saturated heterocycles. The number of benzene rings is 2. The summed E-state index contributed by atoms with van der Waals surface area (Å²) in [6, 6.07) is 5.46. The molecule has 2 saturated carbocycles. The molecule has 0 bridgehead atoms. The van der Waals surface area contributed by atoms with Crippen LogP contribution in [0.3, 0.4) is 0 Å². The standard InChI is InChI=1S/C30H37F3/c1-3-4-5-6-19-7-9-20(10-8-19)21-11-13-22(14-12-21)23-15-16-24-25-17-18(2)28(31)30(33)27(25)26(24)29(23)32/h15-17,19-22H,3-14H2,1-2H3. The zero-order chi connectivity index (χ0) is 23.1. The molecule has 0 unspecified atom stereocenters. The lowest BCUT2D eigenvalue weighted by molar-refractivity contribution is 0.155. The van der Waals surface area contributed by atoms with E-state index in [2.05, 4.69) is 6.92 Å². The first kappa shape index (κ1) is 23.0. The molecule has 0 aromatic heterocycles. The second kappa shape index (κ2) is 9.47. The van der Waals surface area contributed by atoms with Crippen LogP contribution in [-0.4, -0.2) is 0 Å². The molecule has 178 valence electrons. The number of fused-ring (bicyclic) bond motifs is 4. The van der Waals surface area contributed by atoms with Crippen LogP contribution in [0.15, 0.2) is 18.2 Å². The van der Waals surface area contributed by atoms with Crippen molar-refractivity contribution >= 4 is 0 Å². The molecule has 0 atom stereocenters. The van der Waals surface area contributed by atoms with Crippen LogP contribution in [0.4, 0.5) is 13.2 Å². The largest absolute Gasteiger partial charge is 0.206 e. The molecule has 0 aliphatic heterocycles. The molecule has 33 heavy (non-hydrogen) atoms. The molecule has 2 aromatic rings. The van der Waals surface area contributed by atoms with E-state index >= 15 is 4.39 Å². The van der Waals surface area contributed by atoms with E-state index in [0.717, 1.165) is 36.2 Å². The van der Waals surface area contributed by atoms with Gasteiger partial charge in [-0.3, -0.25) is 0 Å². The maximum atomic E-state index is 15.5. The van der Waals surface area contributed by atoms with Crippen molar-refractivity contribution in [2.45, 2.75) is 96.8 Å². The Balaban J connectivity index is 1.21. The van der Waals surface area contributed by atoms with Crippen LogP contribution >= 0.6 is 0 Å². The summed E-state index contributed by atoms with van der Waals surface area (Å²) < 4.78 is 44.2. The summed E-state index contributed by atoms with van der Waals surface area (Å²) >= 11 is 0. The fourth-order valence-corrected chi connectivity index (χ4v) is 7.06. The van der Waals surface area contributed by atoms with Crippen LogP contribution in [0.25, 0.3) is 22.3 Å². The highest BCUT2D eigenvalue weighted by atomic mass is 19.2. The van der Waals surface area contributed by atoms with Gasteiger partial charge in [-0.2, -0.15) is 0 Å². The van der Waals surface area contributed by atoms with Gasteiger partial charge in [-0.05, 0) is 97.4 Å². The molecule has 0 heterocycles. The minimum atomic E-state index is -0.900. The van der Waals surface area contributed by atoms with Gasteiger partial charge in [0.05, 0.1) is 0 Å². The maximum Gasteiger partial charge on any atom is 0.167 e. The molecule has 0 spiro atoms. The van der Waals surface area contributed by atoms with Crippen molar-refractivity contribution in [2.75, 3.05) is 0 Å². The van der Waals surface area contributed by atoms with Crippen LogP contribution in [-0.2, 0) is 0 Å². The van der Waals surface area contributed by atoms with Gasteiger partial charge in [-0.1, -0.05) is 57.6 Å². The Hall–Kier alpha value is -1.77. The SMILES string of the molecule is CCCCCC1CCC(C2CCC(c3ccc4c(c3F)-c3c-4cc(C)c(F)c3F)CC2)CC1. The van der Waals surface area contributed by atoms with Gasteiger partial charge < -0.3 is 0 Å². The average Bonchev–Trinajstić information content (AvgIpc) is 2.82. The summed E-state index contributed by atoms with van der Waals surface area (Å²) in [5, 5.41) is 0. The van der Waals surface area contributed by atoms with Gasteiger partial charge in [-0.25, -0.2) is 13.2 Å². The van der Waals surface area contributed by atoms with Crippen molar-refractivity contribution in [3.8, 4) is 22.3 Å². The number of aryl methyl sites for hydroxylation is 1. The van der Waals surface area contributed by atoms with E-state index in [1.807, 2.05) is 12.1 Å². The van der Waals surface area contributed by atoms with Crippen LogP contribution in [0, 0.1) is 42.1 Å². The predicted molar refractivity (Wildman–Crippen MR) is 130 cm³/mol. The normalized spacial score (nSPS) is 26.5. The Labute approximate surface area is 197 Å². The van der Waals surface area contributed by atoms with Gasteiger partial charge in [-0.15, -0.1) is 0 Å². The van der Waals surface area contributed by atoms with E-state index in [-0.39, 0.29) is 22.9 Å². The third kappa shape index (κ3) is 4.15. The van der Waals surface area contributed by atoms with E-state index in [1.165, 1.54) is 64.2 Å². The number of rotatable bonds is 6. The van der Waals surface area contributed by atoms with Crippen molar-refractivity contribution in [3.63, 3.8) is 0 Å². The molecular weight excluding hydrogens is 417 g/mol. The monoisotopic (exact) mass is 454 g/mol.